The van der Waals surface area contributed by atoms with Crippen LogP contribution in [0.3, 0.4) is 0 Å². The molecule has 0 aliphatic heterocycles. The Kier molecular flexibility index (Phi) is 6.01. The number of rotatable bonds is 6. The second-order valence-electron chi connectivity index (χ2n) is 3.88. The summed E-state index contributed by atoms with van der Waals surface area (Å²) in [6.45, 7) is 3.65. The van der Waals surface area contributed by atoms with Crippen molar-refractivity contribution in [2.45, 2.75) is 19.9 Å². The lowest BCUT2D eigenvalue weighted by Gasteiger charge is -2.16. The third-order valence-corrected chi connectivity index (χ3v) is 2.77. The molecule has 0 aliphatic carbocycles. The maximum absolute atomic E-state index is 11.2. The fraction of sp³-hybridized carbons (Fsp3) is 0.462. The lowest BCUT2D eigenvalue weighted by molar-refractivity contribution is -0.143. The molecule has 1 aromatic rings. The lowest BCUT2D eigenvalue weighted by Crippen LogP contribution is -2.22. The number of hydrogen-bond acceptors (Lipinski definition) is 3. The molecule has 0 saturated carbocycles. The SMILES string of the molecule is CCOC(=O)CCN(C)Cc1ccccc1Cl. The number of carbonyl (C=O) groups is 1. The van der Waals surface area contributed by atoms with Crippen LogP contribution in [0.15, 0.2) is 24.3 Å². The van der Waals surface area contributed by atoms with Crippen LogP contribution >= 0.6 is 11.6 Å². The second-order valence-corrected chi connectivity index (χ2v) is 4.29. The maximum Gasteiger partial charge on any atom is 0.307 e. The molecule has 0 amide bonds. The van der Waals surface area contributed by atoms with Crippen LogP contribution in [0, 0.1) is 0 Å². The van der Waals surface area contributed by atoms with Crippen molar-refractivity contribution in [2.75, 3.05) is 20.2 Å². The molecule has 0 saturated heterocycles. The highest BCUT2D eigenvalue weighted by Crippen LogP contribution is 2.16. The second kappa shape index (κ2) is 7.30. The van der Waals surface area contributed by atoms with Gasteiger partial charge in [-0.25, -0.2) is 0 Å². The van der Waals surface area contributed by atoms with Gasteiger partial charge in [-0.15, -0.1) is 0 Å². The quantitative estimate of drug-likeness (QED) is 0.732. The molecule has 1 aromatic carbocycles. The summed E-state index contributed by atoms with van der Waals surface area (Å²) >= 11 is 6.06. The normalized spacial score (nSPS) is 10.6. The van der Waals surface area contributed by atoms with Gasteiger partial charge in [0, 0.05) is 18.1 Å². The largest absolute Gasteiger partial charge is 0.466 e. The van der Waals surface area contributed by atoms with Crippen LogP contribution in [-0.2, 0) is 16.1 Å². The first-order valence-corrected chi connectivity index (χ1v) is 6.09. The summed E-state index contributed by atoms with van der Waals surface area (Å²) in [5.41, 5.74) is 1.07. The molecule has 0 bridgehead atoms. The Morgan fingerprint density at radius 3 is 2.76 bits per heavy atom. The van der Waals surface area contributed by atoms with Gasteiger partial charge in [0.15, 0.2) is 0 Å². The Balaban J connectivity index is 2.37. The monoisotopic (exact) mass is 255 g/mol. The first-order chi connectivity index (χ1) is 8.13. The minimum absolute atomic E-state index is 0.154. The number of nitrogens with zero attached hydrogens (tertiary/aromatic N) is 1. The number of esters is 1. The average molecular weight is 256 g/mol. The number of benzene rings is 1. The molecule has 0 aliphatic rings. The van der Waals surface area contributed by atoms with Gasteiger partial charge in [0.1, 0.15) is 0 Å². The number of ether oxygens (including phenoxy) is 1. The average Bonchev–Trinajstić information content (AvgIpc) is 2.30. The molecule has 0 atom stereocenters. The Bertz CT molecular complexity index is 368. The fourth-order valence-electron chi connectivity index (χ4n) is 1.51. The fourth-order valence-corrected chi connectivity index (χ4v) is 1.71. The first-order valence-electron chi connectivity index (χ1n) is 5.71. The van der Waals surface area contributed by atoms with E-state index >= 15 is 0 Å². The summed E-state index contributed by atoms with van der Waals surface area (Å²) in [6.07, 6.45) is 0.412. The van der Waals surface area contributed by atoms with E-state index in [4.69, 9.17) is 16.3 Å². The van der Waals surface area contributed by atoms with Crippen LogP contribution in [0.1, 0.15) is 18.9 Å². The van der Waals surface area contributed by atoms with E-state index in [0.717, 1.165) is 17.1 Å². The smallest absolute Gasteiger partial charge is 0.307 e. The van der Waals surface area contributed by atoms with Crippen LogP contribution in [0.5, 0.6) is 0 Å². The van der Waals surface area contributed by atoms with Gasteiger partial charge in [-0.05, 0) is 25.6 Å². The van der Waals surface area contributed by atoms with E-state index in [1.807, 2.05) is 38.2 Å². The van der Waals surface area contributed by atoms with Crippen molar-refractivity contribution in [3.63, 3.8) is 0 Å². The van der Waals surface area contributed by atoms with E-state index < -0.39 is 0 Å². The van der Waals surface area contributed by atoms with Crippen molar-refractivity contribution in [3.05, 3.63) is 34.9 Å². The van der Waals surface area contributed by atoms with Crippen molar-refractivity contribution >= 4 is 17.6 Å². The van der Waals surface area contributed by atoms with Crippen LogP contribution < -0.4 is 0 Å². The molecular weight excluding hydrogens is 238 g/mol. The zero-order valence-corrected chi connectivity index (χ0v) is 11.0. The van der Waals surface area contributed by atoms with Gasteiger partial charge >= 0.3 is 5.97 Å². The minimum Gasteiger partial charge on any atom is -0.466 e. The van der Waals surface area contributed by atoms with Crippen molar-refractivity contribution < 1.29 is 9.53 Å². The molecule has 94 valence electrons. The highest BCUT2D eigenvalue weighted by Gasteiger charge is 2.07. The Labute approximate surface area is 107 Å². The van der Waals surface area contributed by atoms with Gasteiger partial charge in [0.2, 0.25) is 0 Å². The lowest BCUT2D eigenvalue weighted by atomic mass is 10.2. The number of carbonyl (C=O) groups excluding carboxylic acids is 1. The summed E-state index contributed by atoms with van der Waals surface area (Å²) in [6, 6.07) is 7.73. The molecule has 0 unspecified atom stereocenters. The molecule has 1 rings (SSSR count). The molecule has 0 heterocycles. The van der Waals surface area contributed by atoms with E-state index in [1.54, 1.807) is 0 Å². The van der Waals surface area contributed by atoms with E-state index in [9.17, 15) is 4.79 Å². The van der Waals surface area contributed by atoms with E-state index in [-0.39, 0.29) is 5.97 Å². The van der Waals surface area contributed by atoms with Crippen molar-refractivity contribution in [1.29, 1.82) is 0 Å². The van der Waals surface area contributed by atoms with Crippen LogP contribution in [0.4, 0.5) is 0 Å². The molecule has 3 nitrogen and oxygen atoms in total. The molecule has 4 heteroatoms. The van der Waals surface area contributed by atoms with Crippen molar-refractivity contribution in [1.82, 2.24) is 4.90 Å². The minimum atomic E-state index is -0.154. The molecule has 0 spiro atoms. The Morgan fingerprint density at radius 2 is 2.12 bits per heavy atom. The molecule has 0 aromatic heterocycles. The van der Waals surface area contributed by atoms with Crippen molar-refractivity contribution in [2.24, 2.45) is 0 Å². The third-order valence-electron chi connectivity index (χ3n) is 2.40. The highest BCUT2D eigenvalue weighted by atomic mass is 35.5. The topological polar surface area (TPSA) is 29.5 Å². The molecular formula is C13H18ClNO2. The zero-order valence-electron chi connectivity index (χ0n) is 10.3. The van der Waals surface area contributed by atoms with Gasteiger partial charge in [-0.3, -0.25) is 4.79 Å². The summed E-state index contributed by atoms with van der Waals surface area (Å²) < 4.78 is 4.87. The van der Waals surface area contributed by atoms with Crippen LogP contribution in [0.2, 0.25) is 5.02 Å². The Morgan fingerprint density at radius 1 is 1.41 bits per heavy atom. The van der Waals surface area contributed by atoms with E-state index in [0.29, 0.717) is 19.6 Å². The van der Waals surface area contributed by atoms with Gasteiger partial charge in [-0.2, -0.15) is 0 Å². The molecule has 17 heavy (non-hydrogen) atoms. The predicted molar refractivity (Wildman–Crippen MR) is 69.0 cm³/mol. The standard InChI is InChI=1S/C13H18ClNO2/c1-3-17-13(16)8-9-15(2)10-11-6-4-5-7-12(11)14/h4-7H,3,8-10H2,1-2H3. The molecule has 0 radical (unpaired) electrons. The predicted octanol–water partition coefficient (Wildman–Crippen LogP) is 2.73. The first kappa shape index (κ1) is 14.0. The van der Waals surface area contributed by atoms with Gasteiger partial charge in [0.05, 0.1) is 13.0 Å². The van der Waals surface area contributed by atoms with E-state index in [1.165, 1.54) is 0 Å². The third kappa shape index (κ3) is 5.20. The number of halogens is 1. The molecule has 0 N–H and O–H groups in total. The Hall–Kier alpha value is -1.06. The maximum atomic E-state index is 11.2. The van der Waals surface area contributed by atoms with Gasteiger partial charge < -0.3 is 9.64 Å². The summed E-state index contributed by atoms with van der Waals surface area (Å²) in [5, 5.41) is 0.760. The van der Waals surface area contributed by atoms with Crippen LogP contribution in [-0.4, -0.2) is 31.1 Å². The van der Waals surface area contributed by atoms with Gasteiger partial charge in [-0.1, -0.05) is 29.8 Å². The molecule has 0 fully saturated rings. The summed E-state index contributed by atoms with van der Waals surface area (Å²) in [5.74, 6) is -0.154. The van der Waals surface area contributed by atoms with Crippen LogP contribution in [0.25, 0.3) is 0 Å². The zero-order chi connectivity index (χ0) is 12.7. The van der Waals surface area contributed by atoms with E-state index in [2.05, 4.69) is 4.90 Å². The number of hydrogen-bond donors (Lipinski definition) is 0. The summed E-state index contributed by atoms with van der Waals surface area (Å²) in [4.78, 5) is 13.2. The summed E-state index contributed by atoms with van der Waals surface area (Å²) in [7, 11) is 1.96. The van der Waals surface area contributed by atoms with Gasteiger partial charge in [0.25, 0.3) is 0 Å². The van der Waals surface area contributed by atoms with Crippen molar-refractivity contribution in [3.8, 4) is 0 Å². The highest BCUT2D eigenvalue weighted by molar-refractivity contribution is 6.31.